The Morgan fingerprint density at radius 1 is 1.43 bits per heavy atom. The van der Waals surface area contributed by atoms with Gasteiger partial charge in [0.25, 0.3) is 0 Å². The number of benzene rings is 1. The Hall–Kier alpha value is -2.96. The van der Waals surface area contributed by atoms with Crippen LogP contribution in [0.1, 0.15) is 48.7 Å². The van der Waals surface area contributed by atoms with Gasteiger partial charge in [-0.2, -0.15) is 5.26 Å². The van der Waals surface area contributed by atoms with Crippen LogP contribution in [0.3, 0.4) is 0 Å². The van der Waals surface area contributed by atoms with Gasteiger partial charge in [-0.05, 0) is 43.5 Å². The van der Waals surface area contributed by atoms with Crippen LogP contribution in [0, 0.1) is 17.2 Å². The van der Waals surface area contributed by atoms with Crippen molar-refractivity contribution in [2.75, 3.05) is 6.61 Å². The van der Waals surface area contributed by atoms with Gasteiger partial charge in [-0.3, -0.25) is 4.98 Å². The number of aromatic nitrogens is 4. The highest BCUT2D eigenvalue weighted by Gasteiger charge is 2.33. The van der Waals surface area contributed by atoms with Gasteiger partial charge in [-0.25, -0.2) is 4.68 Å². The molecular formula is C21H20BN5O3. The van der Waals surface area contributed by atoms with E-state index in [9.17, 15) is 5.11 Å². The summed E-state index contributed by atoms with van der Waals surface area (Å²) < 4.78 is 13.3. The van der Waals surface area contributed by atoms with Gasteiger partial charge in [0, 0.05) is 17.1 Å². The van der Waals surface area contributed by atoms with Gasteiger partial charge in [-0.1, -0.05) is 5.21 Å². The minimum Gasteiger partial charge on any atom is -0.484 e. The minimum absolute atomic E-state index is 0.0253. The Morgan fingerprint density at radius 3 is 3.07 bits per heavy atom. The van der Waals surface area contributed by atoms with E-state index in [0.29, 0.717) is 23.6 Å². The quantitative estimate of drug-likeness (QED) is 0.669. The van der Waals surface area contributed by atoms with Crippen molar-refractivity contribution in [3.05, 3.63) is 47.4 Å². The topological polar surface area (TPSA) is 106 Å². The van der Waals surface area contributed by atoms with Gasteiger partial charge in [0.15, 0.2) is 0 Å². The molecule has 3 heterocycles. The fourth-order valence-electron chi connectivity index (χ4n) is 4.12. The largest absolute Gasteiger partial charge is 0.484 e. The second-order valence-electron chi connectivity index (χ2n) is 8.09. The molecule has 30 heavy (non-hydrogen) atoms. The van der Waals surface area contributed by atoms with Gasteiger partial charge < -0.3 is 14.6 Å². The van der Waals surface area contributed by atoms with E-state index in [4.69, 9.17) is 22.6 Å². The number of fused-ring (bicyclic) bond motifs is 3. The normalized spacial score (nSPS) is 26.4. The molecule has 3 aromatic rings. The zero-order chi connectivity index (χ0) is 20.9. The fourth-order valence-corrected chi connectivity index (χ4v) is 4.12. The van der Waals surface area contributed by atoms with E-state index in [0.717, 1.165) is 29.3 Å². The highest BCUT2D eigenvalue weighted by Crippen LogP contribution is 2.38. The summed E-state index contributed by atoms with van der Waals surface area (Å²) in [6.07, 6.45) is 4.86. The molecule has 5 rings (SSSR count). The summed E-state index contributed by atoms with van der Waals surface area (Å²) in [6.45, 7) is 2.29. The van der Waals surface area contributed by atoms with Gasteiger partial charge in [0.05, 0.1) is 48.5 Å². The number of nitrogens with zero attached hydrogens (tertiary/aromatic N) is 5. The lowest BCUT2D eigenvalue weighted by molar-refractivity contribution is -0.0175. The van der Waals surface area contributed by atoms with Crippen molar-refractivity contribution in [3.63, 3.8) is 0 Å². The van der Waals surface area contributed by atoms with Crippen molar-refractivity contribution in [2.24, 2.45) is 5.92 Å². The van der Waals surface area contributed by atoms with Crippen LogP contribution in [0.2, 0.25) is 0 Å². The van der Waals surface area contributed by atoms with Crippen LogP contribution in [-0.2, 0) is 16.8 Å². The molecule has 0 amide bonds. The molecule has 9 heteroatoms. The Balaban J connectivity index is 1.39. The molecule has 2 radical (unpaired) electrons. The van der Waals surface area contributed by atoms with E-state index >= 15 is 0 Å². The Labute approximate surface area is 174 Å². The predicted molar refractivity (Wildman–Crippen MR) is 107 cm³/mol. The number of pyridine rings is 1. The van der Waals surface area contributed by atoms with E-state index in [-0.39, 0.29) is 24.7 Å². The van der Waals surface area contributed by atoms with Crippen molar-refractivity contribution in [1.29, 1.82) is 5.26 Å². The molecule has 8 nitrogen and oxygen atoms in total. The van der Waals surface area contributed by atoms with Crippen molar-refractivity contribution < 1.29 is 14.6 Å². The second kappa shape index (κ2) is 7.08. The van der Waals surface area contributed by atoms with E-state index < -0.39 is 5.50 Å². The smallest absolute Gasteiger partial charge is 0.141 e. The molecule has 2 aliphatic rings. The Morgan fingerprint density at radius 2 is 2.27 bits per heavy atom. The van der Waals surface area contributed by atoms with Crippen LogP contribution in [0.4, 0.5) is 0 Å². The molecular weight excluding hydrogens is 381 g/mol. The van der Waals surface area contributed by atoms with Crippen molar-refractivity contribution in [3.8, 4) is 11.8 Å². The summed E-state index contributed by atoms with van der Waals surface area (Å²) in [5.41, 5.74) is 1.25. The van der Waals surface area contributed by atoms with Gasteiger partial charge in [0.1, 0.15) is 25.4 Å². The van der Waals surface area contributed by atoms with Crippen LogP contribution in [0.25, 0.3) is 10.9 Å². The van der Waals surface area contributed by atoms with Crippen molar-refractivity contribution >= 4 is 18.7 Å². The molecule has 1 aliphatic carbocycles. The molecule has 1 aromatic carbocycles. The highest BCUT2D eigenvalue weighted by molar-refractivity contribution is 6.16. The van der Waals surface area contributed by atoms with Crippen LogP contribution in [0.5, 0.6) is 5.75 Å². The van der Waals surface area contributed by atoms with Gasteiger partial charge in [-0.15, -0.1) is 5.10 Å². The maximum Gasteiger partial charge on any atom is 0.141 e. The summed E-state index contributed by atoms with van der Waals surface area (Å²) in [5, 5.41) is 28.8. The summed E-state index contributed by atoms with van der Waals surface area (Å²) >= 11 is 0. The van der Waals surface area contributed by atoms with Crippen LogP contribution < -0.4 is 4.74 Å². The third-order valence-corrected chi connectivity index (χ3v) is 5.86. The molecule has 0 bridgehead atoms. The van der Waals surface area contributed by atoms with Gasteiger partial charge in [0.2, 0.25) is 0 Å². The van der Waals surface area contributed by atoms with Crippen molar-refractivity contribution in [1.82, 2.24) is 20.0 Å². The highest BCUT2D eigenvalue weighted by atomic mass is 16.5. The van der Waals surface area contributed by atoms with Gasteiger partial charge >= 0.3 is 0 Å². The zero-order valence-corrected chi connectivity index (χ0v) is 16.5. The first-order chi connectivity index (χ1) is 14.4. The van der Waals surface area contributed by atoms with Crippen LogP contribution in [0.15, 0.2) is 30.6 Å². The number of hydrogen-bond acceptors (Lipinski definition) is 7. The predicted octanol–water partition coefficient (Wildman–Crippen LogP) is 2.28. The molecule has 1 aliphatic heterocycles. The van der Waals surface area contributed by atoms with Crippen LogP contribution >= 0.6 is 0 Å². The van der Waals surface area contributed by atoms with Crippen LogP contribution in [-0.4, -0.2) is 39.5 Å². The summed E-state index contributed by atoms with van der Waals surface area (Å²) in [4.78, 5) is 4.44. The standard InChI is InChI=1S/C21H20BN5O3/c1-12(19-9-27(26-25-19)15-4-13(5-15)7-23)30-16-2-3-18-17(6-16)20-14(8-24-18)10-29-11-21(20,22)28/h2-3,6,8-9,12-13,15,28H,4-5,10-11H2,1H3. The SMILES string of the molecule is [B]C1(O)COCc2cnc3ccc(OC(C)c4cn(C5CC(C#N)C5)nn4)cc3c21. The molecule has 150 valence electrons. The average Bonchev–Trinajstić information content (AvgIpc) is 3.16. The van der Waals surface area contributed by atoms with E-state index in [1.165, 1.54) is 0 Å². The van der Waals surface area contributed by atoms with Crippen molar-refractivity contribution in [2.45, 2.75) is 44.0 Å². The Kier molecular flexibility index (Phi) is 4.49. The molecule has 1 fully saturated rings. The first-order valence-electron chi connectivity index (χ1n) is 9.94. The van der Waals surface area contributed by atoms with E-state index in [2.05, 4.69) is 21.4 Å². The monoisotopic (exact) mass is 401 g/mol. The fraction of sp³-hybridized carbons (Fsp3) is 0.429. The van der Waals surface area contributed by atoms with E-state index in [1.807, 2.05) is 36.0 Å². The number of hydrogen-bond donors (Lipinski definition) is 1. The third-order valence-electron chi connectivity index (χ3n) is 5.86. The molecule has 1 saturated carbocycles. The average molecular weight is 401 g/mol. The molecule has 1 N–H and O–H groups in total. The zero-order valence-electron chi connectivity index (χ0n) is 16.5. The maximum absolute atomic E-state index is 10.6. The maximum atomic E-state index is 10.6. The summed E-state index contributed by atoms with van der Waals surface area (Å²) in [7, 11) is 6.09. The minimum atomic E-state index is -1.58. The molecule has 2 atom stereocenters. The first-order valence-corrected chi connectivity index (χ1v) is 9.94. The number of rotatable bonds is 4. The summed E-state index contributed by atoms with van der Waals surface area (Å²) in [5.74, 6) is 0.732. The second-order valence-corrected chi connectivity index (χ2v) is 8.09. The number of aliphatic hydroxyl groups is 1. The number of ether oxygens (including phenoxy) is 2. The lowest BCUT2D eigenvalue weighted by atomic mass is 9.72. The Bertz CT molecular complexity index is 1150. The molecule has 2 aromatic heterocycles. The number of nitriles is 1. The lowest BCUT2D eigenvalue weighted by Crippen LogP contribution is -2.37. The first kappa shape index (κ1) is 19.0. The summed E-state index contributed by atoms with van der Waals surface area (Å²) in [6, 6.07) is 8.03. The lowest BCUT2D eigenvalue weighted by Gasteiger charge is -2.32. The third kappa shape index (κ3) is 3.22. The molecule has 0 spiro atoms. The van der Waals surface area contributed by atoms with E-state index in [1.54, 1.807) is 6.20 Å². The molecule has 0 saturated heterocycles. The molecule has 2 unspecified atom stereocenters.